The van der Waals surface area contributed by atoms with Crippen molar-refractivity contribution >= 4 is 65.2 Å². The van der Waals surface area contributed by atoms with Gasteiger partial charge in [-0.3, -0.25) is 4.55 Å². The molecule has 0 fully saturated rings. The Bertz CT molecular complexity index is 1850. The van der Waals surface area contributed by atoms with Gasteiger partial charge in [0.2, 0.25) is 0 Å². The number of amides is 2. The van der Waals surface area contributed by atoms with E-state index in [1.54, 1.807) is 0 Å². The first-order valence-corrected chi connectivity index (χ1v) is 13.2. The molecule has 0 bridgehead atoms. The molecule has 0 aromatic heterocycles. The number of ether oxygens (including phenoxy) is 1. The summed E-state index contributed by atoms with van der Waals surface area (Å²) in [5.41, 5.74) is 0.355. The molecule has 0 saturated carbocycles. The number of rotatable bonds is 7. The molecule has 40 heavy (non-hydrogen) atoms. The molecule has 2 amide bonds. The van der Waals surface area contributed by atoms with E-state index < -0.39 is 54.4 Å². The summed E-state index contributed by atoms with van der Waals surface area (Å²) in [5, 5.41) is 26.7. The number of carboxylic acids is 1. The van der Waals surface area contributed by atoms with Crippen molar-refractivity contribution < 1.29 is 110 Å². The number of nitrogens with one attached hydrogen (secondary N) is 2. The van der Waals surface area contributed by atoms with Crippen LogP contribution in [-0.2, 0) is 25.0 Å². The third-order valence-electron chi connectivity index (χ3n) is 5.24. The zero-order chi connectivity index (χ0) is 27.8. The quantitative estimate of drug-likeness (QED) is 0.116. The third kappa shape index (κ3) is 8.07. The minimum absolute atomic E-state index is 0. The Morgan fingerprint density at radius 3 is 1.85 bits per heavy atom. The monoisotopic (exact) mass is 606 g/mol. The summed E-state index contributed by atoms with van der Waals surface area (Å²) in [6.07, 6.45) is 0. The zero-order valence-corrected chi connectivity index (χ0v) is 26.5. The fourth-order valence-electron chi connectivity index (χ4n) is 3.63. The molecule has 0 unspecified atom stereocenters. The molecule has 198 valence electrons. The predicted molar refractivity (Wildman–Crippen MR) is 130 cm³/mol. The molecule has 0 atom stereocenters. The Kier molecular flexibility index (Phi) is 11.0. The van der Waals surface area contributed by atoms with E-state index in [2.05, 4.69) is 10.6 Å². The number of hydrogen-bond acceptors (Lipinski definition) is 10. The number of phenolic OH excluding ortho intramolecular Hbond substituents is 1. The van der Waals surface area contributed by atoms with Crippen molar-refractivity contribution in [3.8, 4) is 11.5 Å². The van der Waals surface area contributed by atoms with Gasteiger partial charge in [0.1, 0.15) is 28.2 Å². The smallest absolute Gasteiger partial charge is 0.744 e. The Morgan fingerprint density at radius 1 is 0.800 bits per heavy atom. The van der Waals surface area contributed by atoms with Crippen molar-refractivity contribution in [2.45, 2.75) is 9.79 Å². The maximum atomic E-state index is 12.6. The number of aliphatic carboxylic acids is 1. The van der Waals surface area contributed by atoms with Crippen molar-refractivity contribution in [2.75, 3.05) is 17.2 Å². The number of carbonyl (C=O) groups is 2. The molecule has 17 heteroatoms. The van der Waals surface area contributed by atoms with Gasteiger partial charge in [0.05, 0.1) is 15.8 Å². The second-order valence-corrected chi connectivity index (χ2v) is 10.7. The van der Waals surface area contributed by atoms with E-state index in [-0.39, 0.29) is 97.8 Å². The van der Waals surface area contributed by atoms with Crippen molar-refractivity contribution in [2.24, 2.45) is 0 Å². The summed E-state index contributed by atoms with van der Waals surface area (Å²) in [4.78, 5) is 22.1. The number of aromatic hydroxyl groups is 1. The zero-order valence-electron chi connectivity index (χ0n) is 20.9. The van der Waals surface area contributed by atoms with Crippen LogP contribution in [0.5, 0.6) is 11.5 Å². The van der Waals surface area contributed by atoms with Gasteiger partial charge >= 0.3 is 65.1 Å². The minimum Gasteiger partial charge on any atom is -0.744 e. The summed E-state index contributed by atoms with van der Waals surface area (Å²) in [6.45, 7) is -0.894. The molecule has 4 rings (SSSR count). The van der Waals surface area contributed by atoms with Crippen molar-refractivity contribution in [3.63, 3.8) is 0 Å². The average molecular weight is 606 g/mol. The number of hydrogen-bond donors (Lipinski definition) is 4. The predicted octanol–water partition coefficient (Wildman–Crippen LogP) is -4.37. The number of carboxylic acid groups (broad SMARTS) is 1. The first-order chi connectivity index (χ1) is 17.7. The minimum atomic E-state index is -4.93. The molecule has 4 aromatic carbocycles. The molecule has 0 radical (unpaired) electrons. The molecule has 0 aliphatic rings. The van der Waals surface area contributed by atoms with Crippen LogP contribution in [0.3, 0.4) is 0 Å². The Hall–Kier alpha value is -2.44. The standard InChI is InChI=1S/C23H18N2O11S2.2Na/c26-20-9-16(37(30,31)32)7-12-5-14(1-3-18(12)20)24-23(29)25-15-2-4-19-13(6-15)8-17(38(33,34)35)10-21(19)36-11-22(27)28;;/h1-10,26H,11H2,(H,27,28)(H2,24,25,29)(H,30,31,32)(H,33,34,35);;/q;2*+1/p-2. The van der Waals surface area contributed by atoms with Crippen LogP contribution in [0.1, 0.15) is 0 Å². The van der Waals surface area contributed by atoms with Gasteiger partial charge in [-0.2, -0.15) is 8.42 Å². The Labute approximate surface area is 271 Å². The molecule has 0 aliphatic carbocycles. The van der Waals surface area contributed by atoms with E-state index in [9.17, 15) is 45.7 Å². The van der Waals surface area contributed by atoms with E-state index >= 15 is 0 Å². The molecule has 13 nitrogen and oxygen atoms in total. The summed E-state index contributed by atoms with van der Waals surface area (Å²) in [6, 6.07) is 11.5. The van der Waals surface area contributed by atoms with Gasteiger partial charge in [0.15, 0.2) is 0 Å². The van der Waals surface area contributed by atoms with Crippen molar-refractivity contribution in [1.82, 2.24) is 0 Å². The molecule has 4 N–H and O–H groups in total. The molecule has 4 aromatic rings. The van der Waals surface area contributed by atoms with Crippen LogP contribution in [0.4, 0.5) is 16.2 Å². The summed E-state index contributed by atoms with van der Waals surface area (Å²) in [7, 11) is -9.52. The number of anilines is 2. The van der Waals surface area contributed by atoms with E-state index in [0.29, 0.717) is 0 Å². The molecular weight excluding hydrogens is 590 g/mol. The van der Waals surface area contributed by atoms with Crippen LogP contribution < -0.4 is 79.6 Å². The summed E-state index contributed by atoms with van der Waals surface area (Å²) in [5.74, 6) is -2.16. The van der Waals surface area contributed by atoms with Gasteiger partial charge in [-0.1, -0.05) is 0 Å². The van der Waals surface area contributed by atoms with Gasteiger partial charge < -0.3 is 34.9 Å². The normalized spacial score (nSPS) is 11.2. The fourth-order valence-corrected chi connectivity index (χ4v) is 4.69. The van der Waals surface area contributed by atoms with Crippen LogP contribution in [0.25, 0.3) is 21.5 Å². The molecule has 0 saturated heterocycles. The molecule has 0 heterocycles. The van der Waals surface area contributed by atoms with Crippen LogP contribution >= 0.6 is 0 Å². The van der Waals surface area contributed by atoms with Gasteiger partial charge in [-0.05, 0) is 65.4 Å². The Morgan fingerprint density at radius 2 is 1.32 bits per heavy atom. The SMILES string of the molecule is O=C([O-])COc1cc(S(=O)(=O)[O-])cc2cc(NC(=O)Nc3ccc4c(O)cc(S(=O)(=O)O)cc4c3)ccc12.[Na+].[Na+]. The number of fused-ring (bicyclic) bond motifs is 2. The molecule has 0 spiro atoms. The van der Waals surface area contributed by atoms with Crippen LogP contribution in [0.2, 0.25) is 0 Å². The average Bonchev–Trinajstić information content (AvgIpc) is 2.80. The second-order valence-electron chi connectivity index (χ2n) is 7.90. The Balaban J connectivity index is 0.00000280. The largest absolute Gasteiger partial charge is 1.00 e. The number of phenols is 1. The maximum Gasteiger partial charge on any atom is 1.00 e. The van der Waals surface area contributed by atoms with Gasteiger partial charge in [0, 0.05) is 28.2 Å². The molecule has 0 aliphatic heterocycles. The van der Waals surface area contributed by atoms with Crippen molar-refractivity contribution in [1.29, 1.82) is 0 Å². The second kappa shape index (κ2) is 13.0. The van der Waals surface area contributed by atoms with E-state index in [0.717, 1.165) is 24.3 Å². The maximum absolute atomic E-state index is 12.6. The fraction of sp³-hybridized carbons (Fsp3) is 0.0435. The van der Waals surface area contributed by atoms with Crippen LogP contribution in [-0.4, -0.2) is 49.7 Å². The summed E-state index contributed by atoms with van der Waals surface area (Å²) < 4.78 is 71.8. The number of urea groups is 1. The van der Waals surface area contributed by atoms with Gasteiger partial charge in [-0.25, -0.2) is 13.2 Å². The molecular formula is C23H16N2Na2O11S2. The van der Waals surface area contributed by atoms with E-state index in [1.807, 2.05) is 0 Å². The van der Waals surface area contributed by atoms with E-state index in [1.165, 1.54) is 36.4 Å². The van der Waals surface area contributed by atoms with Crippen LogP contribution in [0, 0.1) is 0 Å². The summed E-state index contributed by atoms with van der Waals surface area (Å²) >= 11 is 0. The topological polar surface area (TPSA) is 222 Å². The van der Waals surface area contributed by atoms with Crippen LogP contribution in [0.15, 0.2) is 70.5 Å². The van der Waals surface area contributed by atoms with E-state index in [4.69, 9.17) is 4.74 Å². The van der Waals surface area contributed by atoms with Gasteiger partial charge in [-0.15, -0.1) is 0 Å². The first kappa shape index (κ1) is 33.8. The first-order valence-electron chi connectivity index (χ1n) is 10.4. The van der Waals surface area contributed by atoms with Gasteiger partial charge in [0.25, 0.3) is 10.1 Å². The number of benzene rings is 4. The third-order valence-corrected chi connectivity index (χ3v) is 6.88. The number of carbonyl (C=O) groups excluding carboxylic acids is 2. The van der Waals surface area contributed by atoms with Crippen molar-refractivity contribution in [3.05, 3.63) is 60.7 Å².